The maximum atomic E-state index is 6.46. The maximum Gasteiger partial charge on any atom is 0.0277 e. The van der Waals surface area contributed by atoms with E-state index >= 15 is 0 Å². The molecule has 272 valence electrons. The molecule has 0 spiro atoms. The first kappa shape index (κ1) is 36.3. The van der Waals surface area contributed by atoms with Gasteiger partial charge in [0, 0.05) is 33.4 Å². The van der Waals surface area contributed by atoms with Crippen molar-refractivity contribution in [2.45, 2.75) is 35.5 Å². The summed E-state index contributed by atoms with van der Waals surface area (Å²) < 4.78 is 0. The van der Waals surface area contributed by atoms with Crippen molar-refractivity contribution in [3.8, 4) is 74.1 Å². The van der Waals surface area contributed by atoms with Gasteiger partial charge in [0.25, 0.3) is 0 Å². The van der Waals surface area contributed by atoms with Crippen molar-refractivity contribution in [2.75, 3.05) is 0 Å². The van der Waals surface area contributed by atoms with Crippen molar-refractivity contribution in [2.24, 2.45) is 23.7 Å². The smallest absolute Gasteiger partial charge is 0.0277 e. The molecule has 0 unspecified atom stereocenters. The molecule has 0 heterocycles. The van der Waals surface area contributed by atoms with Gasteiger partial charge in [0.15, 0.2) is 0 Å². The lowest BCUT2D eigenvalue weighted by Gasteiger charge is -2.71. The highest BCUT2D eigenvalue weighted by molar-refractivity contribution is 5.59. The van der Waals surface area contributed by atoms with E-state index in [2.05, 4.69) is 145 Å². The molecule has 4 fully saturated rings. The number of hydrogen-bond donors (Lipinski definition) is 0. The minimum absolute atomic E-state index is 0.0243. The van der Waals surface area contributed by atoms with Gasteiger partial charge in [0.05, 0.1) is 0 Å². The summed E-state index contributed by atoms with van der Waals surface area (Å²) in [5.74, 6) is 18.4. The number of rotatable bonds is 6. The Kier molecular flexibility index (Phi) is 9.38. The molecule has 0 amide bonds. The maximum absolute atomic E-state index is 6.46. The van der Waals surface area contributed by atoms with Crippen molar-refractivity contribution in [3.05, 3.63) is 212 Å². The van der Waals surface area contributed by atoms with Crippen molar-refractivity contribution in [1.29, 1.82) is 0 Å². The minimum Gasteiger partial charge on any atom is -0.115 e. The van der Waals surface area contributed by atoms with E-state index in [1.165, 1.54) is 0 Å². The van der Waals surface area contributed by atoms with Crippen LogP contribution in [0.3, 0.4) is 0 Å². The van der Waals surface area contributed by atoms with Gasteiger partial charge in [0.2, 0.25) is 0 Å². The third-order valence-electron chi connectivity index (χ3n) is 13.8. The summed E-state index contributed by atoms with van der Waals surface area (Å²) in [6, 6.07) is 50.9. The molecule has 4 saturated carbocycles. The Balaban J connectivity index is 1.52. The zero-order valence-corrected chi connectivity index (χ0v) is 32.1. The van der Waals surface area contributed by atoms with Gasteiger partial charge in [-0.2, -0.15) is 0 Å². The molecule has 58 heavy (non-hydrogen) atoms. The quantitative estimate of drug-likeness (QED) is 0.149. The Morgan fingerprint density at radius 2 is 0.362 bits per heavy atom. The van der Waals surface area contributed by atoms with E-state index in [0.717, 1.165) is 66.8 Å². The van der Waals surface area contributed by atoms with Gasteiger partial charge in [-0.1, -0.05) is 145 Å². The number of benzene rings is 6. The molecule has 0 saturated heterocycles. The van der Waals surface area contributed by atoms with Gasteiger partial charge in [-0.15, -0.1) is 38.5 Å². The fourth-order valence-electron chi connectivity index (χ4n) is 12.2. The normalized spacial score (nSPS) is 26.2. The van der Waals surface area contributed by atoms with Gasteiger partial charge in [-0.3, -0.25) is 0 Å². The van der Waals surface area contributed by atoms with Crippen molar-refractivity contribution in [1.82, 2.24) is 0 Å². The predicted molar refractivity (Wildman–Crippen MR) is 237 cm³/mol. The van der Waals surface area contributed by atoms with Gasteiger partial charge in [-0.25, -0.2) is 0 Å². The number of hydrogen-bond acceptors (Lipinski definition) is 0. The zero-order chi connectivity index (χ0) is 39.9. The summed E-state index contributed by atoms with van der Waals surface area (Å²) in [5.41, 5.74) is 12.2. The molecule has 0 aliphatic heterocycles. The average Bonchev–Trinajstić information content (AvgIpc) is 3.29. The summed E-state index contributed by atoms with van der Waals surface area (Å²) in [4.78, 5) is 0. The van der Waals surface area contributed by atoms with Crippen LogP contribution in [-0.2, 0) is 0 Å². The third kappa shape index (κ3) is 5.44. The third-order valence-corrected chi connectivity index (χ3v) is 13.8. The highest BCUT2D eigenvalue weighted by Crippen LogP contribution is 2.80. The van der Waals surface area contributed by atoms with Gasteiger partial charge < -0.3 is 0 Å². The SMILES string of the molecule is C#Cc1ccccc1C1C2C(c3ccccc3C#C)C3C(c4ccccc4C#C)C1C(c1ccccc1C#C)C(C2c1ccccc1C#C)C3c1ccccc1C#C. The fourth-order valence-corrected chi connectivity index (χ4v) is 12.2. The largest absolute Gasteiger partial charge is 0.115 e. The predicted octanol–water partition coefficient (Wildman–Crippen LogP) is 11.1. The van der Waals surface area contributed by atoms with E-state index in [4.69, 9.17) is 38.5 Å². The fraction of sp³-hybridized carbons (Fsp3) is 0.172. The van der Waals surface area contributed by atoms with Gasteiger partial charge in [-0.05, 0) is 129 Å². The van der Waals surface area contributed by atoms with E-state index in [1.807, 2.05) is 36.4 Å². The van der Waals surface area contributed by atoms with E-state index in [1.54, 1.807) is 0 Å². The molecule has 4 aliphatic rings. The second-order valence-electron chi connectivity index (χ2n) is 15.9. The van der Waals surface area contributed by atoms with Crippen LogP contribution in [-0.4, -0.2) is 0 Å². The first-order valence-corrected chi connectivity index (χ1v) is 19.9. The van der Waals surface area contributed by atoms with E-state index < -0.39 is 0 Å². The molecule has 0 radical (unpaired) electrons. The Morgan fingerprint density at radius 1 is 0.224 bits per heavy atom. The molecule has 10 rings (SSSR count). The van der Waals surface area contributed by atoms with Gasteiger partial charge in [0.1, 0.15) is 0 Å². The van der Waals surface area contributed by atoms with E-state index in [0.29, 0.717) is 0 Å². The van der Waals surface area contributed by atoms with Crippen LogP contribution in [0.4, 0.5) is 0 Å². The van der Waals surface area contributed by atoms with Gasteiger partial charge >= 0.3 is 0 Å². The van der Waals surface area contributed by atoms with E-state index in [-0.39, 0.29) is 59.2 Å². The van der Waals surface area contributed by atoms with Crippen molar-refractivity contribution in [3.63, 3.8) is 0 Å². The lowest BCUT2D eigenvalue weighted by Crippen LogP contribution is -2.62. The second kappa shape index (κ2) is 15.0. The monoisotopic (exact) mass is 736 g/mol. The molecule has 0 N–H and O–H groups in total. The lowest BCUT2D eigenvalue weighted by atomic mass is 9.31. The molecular formula is C58H40. The number of terminal acetylenes is 6. The summed E-state index contributed by atoms with van der Waals surface area (Å²) in [6.45, 7) is 0. The Labute approximate surface area is 344 Å². The lowest BCUT2D eigenvalue weighted by molar-refractivity contribution is -0.0984. The first-order valence-electron chi connectivity index (χ1n) is 19.9. The first-order chi connectivity index (χ1) is 28.6. The van der Waals surface area contributed by atoms with E-state index in [9.17, 15) is 0 Å². The zero-order valence-electron chi connectivity index (χ0n) is 32.1. The second-order valence-corrected chi connectivity index (χ2v) is 15.9. The minimum atomic E-state index is -0.0538. The molecule has 4 aliphatic carbocycles. The summed E-state index contributed by atoms with van der Waals surface area (Å²) in [5, 5.41) is 0. The molecular weight excluding hydrogens is 697 g/mol. The Bertz CT molecular complexity index is 2310. The molecule has 4 bridgehead atoms. The standard InChI is InChI=1S/C58H40/c1-7-37-25-13-19-31-43(37)49-55-50(44-32-20-14-26-38(44)8-2)57-52(46-34-22-16-28-40(46)10-4)56(49)53(47-35-23-17-29-41(47)11-5)58(51(55)45-33-21-15-27-39(45)9-3)54(57)48-36-24-18-30-42(48)12-6/h1-6,13-36,49-58H. The van der Waals surface area contributed by atoms with Crippen LogP contribution in [0.1, 0.15) is 102 Å². The van der Waals surface area contributed by atoms with Crippen LogP contribution in [0, 0.1) is 97.7 Å². The van der Waals surface area contributed by atoms with Crippen LogP contribution < -0.4 is 0 Å². The van der Waals surface area contributed by atoms with Crippen LogP contribution >= 0.6 is 0 Å². The summed E-state index contributed by atoms with van der Waals surface area (Å²) >= 11 is 0. The average molecular weight is 737 g/mol. The van der Waals surface area contributed by atoms with Crippen molar-refractivity contribution < 1.29 is 0 Å². The summed E-state index contributed by atoms with van der Waals surface area (Å²) in [6.07, 6.45) is 38.8. The Morgan fingerprint density at radius 3 is 0.500 bits per heavy atom. The highest BCUT2D eigenvalue weighted by Gasteiger charge is 2.71. The topological polar surface area (TPSA) is 0 Å². The highest BCUT2D eigenvalue weighted by atomic mass is 14.7. The molecule has 0 heteroatoms. The van der Waals surface area contributed by atoms with Crippen LogP contribution in [0.5, 0.6) is 0 Å². The molecule has 0 atom stereocenters. The van der Waals surface area contributed by atoms with Crippen LogP contribution in [0.15, 0.2) is 146 Å². The molecule has 6 aromatic rings. The van der Waals surface area contributed by atoms with Crippen LogP contribution in [0.25, 0.3) is 0 Å². The Hall–Kier alpha value is -7.32. The summed E-state index contributed by atoms with van der Waals surface area (Å²) in [7, 11) is 0. The molecule has 0 nitrogen and oxygen atoms in total. The van der Waals surface area contributed by atoms with Crippen molar-refractivity contribution >= 4 is 0 Å². The molecule has 6 aromatic carbocycles. The van der Waals surface area contributed by atoms with Crippen LogP contribution in [0.2, 0.25) is 0 Å². The molecule has 0 aromatic heterocycles.